The molecule has 28 heavy (non-hydrogen) atoms. The number of benzene rings is 1. The smallest absolute Gasteiger partial charge is 0.191 e. The normalized spacial score (nSPS) is 11.6. The van der Waals surface area contributed by atoms with Gasteiger partial charge in [0.25, 0.3) is 0 Å². The quantitative estimate of drug-likeness (QED) is 0.506. The van der Waals surface area contributed by atoms with E-state index in [4.69, 9.17) is 4.52 Å². The van der Waals surface area contributed by atoms with E-state index < -0.39 is 0 Å². The van der Waals surface area contributed by atoms with Crippen LogP contribution in [-0.4, -0.2) is 31.3 Å². The summed E-state index contributed by atoms with van der Waals surface area (Å²) in [6.07, 6.45) is 1.62. The minimum absolute atomic E-state index is 0.199. The molecule has 0 atom stereocenters. The van der Waals surface area contributed by atoms with Crippen molar-refractivity contribution in [2.24, 2.45) is 4.99 Å². The van der Waals surface area contributed by atoms with Crippen LogP contribution >= 0.6 is 0 Å². The van der Waals surface area contributed by atoms with Crippen LogP contribution in [0.5, 0.6) is 0 Å². The topological polar surface area (TPSA) is 65.7 Å². The number of nitrogens with one attached hydrogen (secondary N) is 2. The molecule has 0 radical (unpaired) electrons. The van der Waals surface area contributed by atoms with Gasteiger partial charge in [-0.3, -0.25) is 4.99 Å². The molecule has 1 heterocycles. The molecule has 0 bridgehead atoms. The van der Waals surface area contributed by atoms with E-state index in [-0.39, 0.29) is 5.82 Å². The monoisotopic (exact) mass is 389 g/mol. The lowest BCUT2D eigenvalue weighted by Gasteiger charge is -2.22. The van der Waals surface area contributed by atoms with E-state index in [0.717, 1.165) is 48.5 Å². The van der Waals surface area contributed by atoms with Crippen molar-refractivity contribution in [2.75, 3.05) is 25.0 Å². The highest BCUT2D eigenvalue weighted by atomic mass is 19.1. The summed E-state index contributed by atoms with van der Waals surface area (Å²) >= 11 is 0. The molecule has 2 aromatic rings. The van der Waals surface area contributed by atoms with Crippen molar-refractivity contribution in [1.82, 2.24) is 15.8 Å². The van der Waals surface area contributed by atoms with E-state index in [9.17, 15) is 4.39 Å². The number of guanidine groups is 1. The van der Waals surface area contributed by atoms with Crippen LogP contribution in [0.4, 0.5) is 10.1 Å². The van der Waals surface area contributed by atoms with E-state index in [1.165, 1.54) is 0 Å². The van der Waals surface area contributed by atoms with E-state index in [1.54, 1.807) is 13.1 Å². The first-order valence-corrected chi connectivity index (χ1v) is 10.0. The molecule has 1 aromatic carbocycles. The Kier molecular flexibility index (Phi) is 8.29. The van der Waals surface area contributed by atoms with Gasteiger partial charge in [0.1, 0.15) is 11.6 Å². The second-order valence-corrected chi connectivity index (χ2v) is 6.48. The number of nitrogens with zero attached hydrogens (tertiary/aromatic N) is 3. The predicted octanol–water partition coefficient (Wildman–Crippen LogP) is 3.65. The summed E-state index contributed by atoms with van der Waals surface area (Å²) < 4.78 is 19.8. The molecule has 6 nitrogen and oxygen atoms in total. The van der Waals surface area contributed by atoms with E-state index in [0.29, 0.717) is 24.7 Å². The Hall–Kier alpha value is -2.57. The highest BCUT2D eigenvalue weighted by Crippen LogP contribution is 2.20. The van der Waals surface area contributed by atoms with Gasteiger partial charge >= 0.3 is 0 Å². The molecule has 7 heteroatoms. The maximum Gasteiger partial charge on any atom is 0.191 e. The van der Waals surface area contributed by atoms with Gasteiger partial charge in [0, 0.05) is 45.2 Å². The average molecular weight is 390 g/mol. The summed E-state index contributed by atoms with van der Waals surface area (Å²) in [5.74, 6) is 1.35. The molecule has 0 fully saturated rings. The fourth-order valence-electron chi connectivity index (χ4n) is 3.20. The van der Waals surface area contributed by atoms with Gasteiger partial charge in [-0.05, 0) is 38.0 Å². The van der Waals surface area contributed by atoms with Crippen LogP contribution in [0.25, 0.3) is 0 Å². The standard InChI is InChI=1S/C21H32FN5O/c1-6-18-16(20(7-2)28-26-18)14-25-21(23-5)24-13-15-10-11-19(17(22)12-15)27(8-3)9-4/h10-12H,6-9,13-14H2,1-5H3,(H2,23,24,25). The predicted molar refractivity (Wildman–Crippen MR) is 112 cm³/mol. The average Bonchev–Trinajstić information content (AvgIpc) is 3.12. The molecular weight excluding hydrogens is 357 g/mol. The maximum atomic E-state index is 14.4. The minimum atomic E-state index is -0.199. The SMILES string of the molecule is CCc1noc(CC)c1CNC(=NC)NCc1ccc(N(CC)CC)c(F)c1. The van der Waals surface area contributed by atoms with Crippen molar-refractivity contribution in [3.63, 3.8) is 0 Å². The van der Waals surface area contributed by atoms with Crippen molar-refractivity contribution in [3.8, 4) is 0 Å². The Morgan fingerprint density at radius 3 is 2.39 bits per heavy atom. The summed E-state index contributed by atoms with van der Waals surface area (Å²) in [5, 5.41) is 10.7. The lowest BCUT2D eigenvalue weighted by atomic mass is 10.1. The zero-order valence-electron chi connectivity index (χ0n) is 17.6. The summed E-state index contributed by atoms with van der Waals surface area (Å²) in [4.78, 5) is 6.25. The lowest BCUT2D eigenvalue weighted by Crippen LogP contribution is -2.36. The van der Waals surface area contributed by atoms with Gasteiger partial charge in [0.15, 0.2) is 5.96 Å². The molecule has 0 amide bonds. The summed E-state index contributed by atoms with van der Waals surface area (Å²) in [7, 11) is 1.72. The van der Waals surface area contributed by atoms with Crippen LogP contribution in [0.3, 0.4) is 0 Å². The van der Waals surface area contributed by atoms with Crippen LogP contribution in [-0.2, 0) is 25.9 Å². The van der Waals surface area contributed by atoms with Crippen molar-refractivity contribution < 1.29 is 8.91 Å². The Balaban J connectivity index is 1.97. The number of aromatic nitrogens is 1. The fourth-order valence-corrected chi connectivity index (χ4v) is 3.20. The third-order valence-electron chi connectivity index (χ3n) is 4.84. The van der Waals surface area contributed by atoms with Gasteiger partial charge in [0.05, 0.1) is 11.4 Å². The highest BCUT2D eigenvalue weighted by Gasteiger charge is 2.14. The number of hydrogen-bond acceptors (Lipinski definition) is 4. The third kappa shape index (κ3) is 5.24. The first-order valence-electron chi connectivity index (χ1n) is 10.0. The number of anilines is 1. The van der Waals surface area contributed by atoms with Gasteiger partial charge in [0.2, 0.25) is 0 Å². The van der Waals surface area contributed by atoms with Gasteiger partial charge in [-0.2, -0.15) is 0 Å². The molecule has 0 aliphatic heterocycles. The first kappa shape index (κ1) is 21.7. The van der Waals surface area contributed by atoms with Crippen LogP contribution in [0.1, 0.15) is 50.3 Å². The molecule has 2 N–H and O–H groups in total. The van der Waals surface area contributed by atoms with Crippen LogP contribution < -0.4 is 15.5 Å². The minimum Gasteiger partial charge on any atom is -0.370 e. The number of halogens is 1. The largest absolute Gasteiger partial charge is 0.370 e. The van der Waals surface area contributed by atoms with E-state index >= 15 is 0 Å². The fraction of sp³-hybridized carbons (Fsp3) is 0.524. The summed E-state index contributed by atoms with van der Waals surface area (Å²) in [6.45, 7) is 10.8. The Labute approximate surface area is 167 Å². The zero-order valence-corrected chi connectivity index (χ0v) is 17.6. The second kappa shape index (κ2) is 10.7. The number of aliphatic imine (C=N–C) groups is 1. The molecule has 0 unspecified atom stereocenters. The van der Waals surface area contributed by atoms with Crippen LogP contribution in [0.2, 0.25) is 0 Å². The third-order valence-corrected chi connectivity index (χ3v) is 4.84. The van der Waals surface area contributed by atoms with E-state index in [2.05, 4.69) is 27.7 Å². The summed E-state index contributed by atoms with van der Waals surface area (Å²) in [5.41, 5.74) is 3.56. The van der Waals surface area contributed by atoms with Crippen LogP contribution in [0, 0.1) is 5.82 Å². The van der Waals surface area contributed by atoms with Gasteiger partial charge in [-0.15, -0.1) is 0 Å². The molecule has 0 saturated carbocycles. The molecule has 1 aromatic heterocycles. The first-order chi connectivity index (χ1) is 13.6. The van der Waals surface area contributed by atoms with Gasteiger partial charge < -0.3 is 20.1 Å². The molecule has 0 aliphatic rings. The summed E-state index contributed by atoms with van der Waals surface area (Å²) in [6, 6.07) is 5.37. The molecule has 2 rings (SSSR count). The number of hydrogen-bond donors (Lipinski definition) is 2. The maximum absolute atomic E-state index is 14.4. The van der Waals surface area contributed by atoms with Gasteiger partial charge in [-0.25, -0.2) is 4.39 Å². The van der Waals surface area contributed by atoms with Gasteiger partial charge in [-0.1, -0.05) is 25.1 Å². The molecule has 0 saturated heterocycles. The van der Waals surface area contributed by atoms with Crippen molar-refractivity contribution in [2.45, 2.75) is 53.6 Å². The molecule has 0 spiro atoms. The number of rotatable bonds is 9. The van der Waals surface area contributed by atoms with Crippen molar-refractivity contribution in [3.05, 3.63) is 46.6 Å². The Bertz CT molecular complexity index is 762. The Morgan fingerprint density at radius 2 is 1.82 bits per heavy atom. The van der Waals surface area contributed by atoms with Crippen molar-refractivity contribution in [1.29, 1.82) is 0 Å². The molecule has 154 valence electrons. The lowest BCUT2D eigenvalue weighted by molar-refractivity contribution is 0.380. The van der Waals surface area contributed by atoms with Crippen LogP contribution in [0.15, 0.2) is 27.7 Å². The van der Waals surface area contributed by atoms with E-state index in [1.807, 2.05) is 37.8 Å². The Morgan fingerprint density at radius 1 is 1.11 bits per heavy atom. The molecular formula is C21H32FN5O. The number of aryl methyl sites for hydroxylation is 2. The van der Waals surface area contributed by atoms with Crippen molar-refractivity contribution >= 4 is 11.6 Å². The highest BCUT2D eigenvalue weighted by molar-refractivity contribution is 5.79. The second-order valence-electron chi connectivity index (χ2n) is 6.48. The zero-order chi connectivity index (χ0) is 20.5. The molecule has 0 aliphatic carbocycles.